The van der Waals surface area contributed by atoms with Gasteiger partial charge in [-0.25, -0.2) is 0 Å². The third kappa shape index (κ3) is 6.23. The molecule has 2 aromatic heterocycles. The fraction of sp³-hybridized carbons (Fsp3) is 0.231. The lowest BCUT2D eigenvalue weighted by Crippen LogP contribution is -2.25. The molecule has 7 nitrogen and oxygen atoms in total. The fourth-order valence-electron chi connectivity index (χ4n) is 3.48. The number of hydrogen-bond acceptors (Lipinski definition) is 6. The van der Waals surface area contributed by atoms with Gasteiger partial charge in [-0.2, -0.15) is 0 Å². The van der Waals surface area contributed by atoms with E-state index in [0.717, 1.165) is 52.3 Å². The van der Waals surface area contributed by atoms with Gasteiger partial charge in [-0.05, 0) is 42.8 Å². The van der Waals surface area contributed by atoms with E-state index in [1.54, 1.807) is 25.1 Å². The lowest BCUT2D eigenvalue weighted by atomic mass is 10.2. The monoisotopic (exact) mass is 473 g/mol. The van der Waals surface area contributed by atoms with Crippen LogP contribution in [0.5, 0.6) is 5.75 Å². The van der Waals surface area contributed by atoms with Crippen LogP contribution in [-0.2, 0) is 11.2 Å². The Balaban J connectivity index is 1.36. The molecule has 8 heteroatoms. The van der Waals surface area contributed by atoms with E-state index >= 15 is 0 Å². The summed E-state index contributed by atoms with van der Waals surface area (Å²) in [6, 6.07) is 23.6. The van der Waals surface area contributed by atoms with Crippen LogP contribution in [0.4, 0.5) is 0 Å². The minimum absolute atomic E-state index is 0.0538. The molecule has 34 heavy (non-hydrogen) atoms. The highest BCUT2D eigenvalue weighted by molar-refractivity contribution is 7.99. The molecule has 0 fully saturated rings. The number of carbonyl (C=O) groups is 1. The van der Waals surface area contributed by atoms with Gasteiger partial charge in [0, 0.05) is 48.3 Å². The van der Waals surface area contributed by atoms with Gasteiger partial charge in [0.25, 0.3) is 0 Å². The number of para-hydroxylation sites is 1. The van der Waals surface area contributed by atoms with Gasteiger partial charge in [-0.1, -0.05) is 48.2 Å². The maximum Gasteiger partial charge on any atom is 0.220 e. The van der Waals surface area contributed by atoms with Gasteiger partial charge in [0.05, 0.1) is 7.11 Å². The molecular weight excluding hydrogens is 446 g/mol. The summed E-state index contributed by atoms with van der Waals surface area (Å²) in [5.74, 6) is 2.33. The SMILES string of the molecule is COc1cccc(-c2nnc(SCCCC(=O)NCCc3ccccn3)n2-c2ccccc2)c1. The van der Waals surface area contributed by atoms with Crippen molar-refractivity contribution in [3.63, 3.8) is 0 Å². The Hall–Kier alpha value is -3.65. The highest BCUT2D eigenvalue weighted by Gasteiger charge is 2.16. The summed E-state index contributed by atoms with van der Waals surface area (Å²) in [7, 11) is 1.65. The average molecular weight is 474 g/mol. The molecule has 1 N–H and O–H groups in total. The molecule has 0 spiro atoms. The van der Waals surface area contributed by atoms with E-state index in [1.807, 2.05) is 77.4 Å². The number of pyridine rings is 1. The van der Waals surface area contributed by atoms with Crippen LogP contribution < -0.4 is 10.1 Å². The number of aromatic nitrogens is 4. The lowest BCUT2D eigenvalue weighted by molar-refractivity contribution is -0.121. The van der Waals surface area contributed by atoms with Crippen molar-refractivity contribution in [2.75, 3.05) is 19.4 Å². The number of thioether (sulfide) groups is 1. The van der Waals surface area contributed by atoms with Crippen molar-refractivity contribution >= 4 is 17.7 Å². The van der Waals surface area contributed by atoms with Crippen LogP contribution in [0.3, 0.4) is 0 Å². The van der Waals surface area contributed by atoms with E-state index in [0.29, 0.717) is 13.0 Å². The van der Waals surface area contributed by atoms with Gasteiger partial charge >= 0.3 is 0 Å². The largest absolute Gasteiger partial charge is 0.497 e. The summed E-state index contributed by atoms with van der Waals surface area (Å²) in [5, 5.41) is 12.7. The number of ether oxygens (including phenoxy) is 1. The molecule has 174 valence electrons. The highest BCUT2D eigenvalue weighted by atomic mass is 32.2. The first-order valence-electron chi connectivity index (χ1n) is 11.2. The summed E-state index contributed by atoms with van der Waals surface area (Å²) in [6.07, 6.45) is 3.71. The first-order chi connectivity index (χ1) is 16.7. The standard InChI is InChI=1S/C26H27N5O2S/c1-33-23-13-7-9-20(19-23)25-29-30-26(31(25)22-11-3-2-4-12-22)34-18-8-14-24(32)28-17-15-21-10-5-6-16-27-21/h2-7,9-13,16,19H,8,14-15,17-18H2,1H3,(H,28,32). The Kier molecular flexibility index (Phi) is 8.29. The molecule has 4 rings (SSSR count). The fourth-order valence-corrected chi connectivity index (χ4v) is 4.37. The van der Waals surface area contributed by atoms with Crippen molar-refractivity contribution in [1.29, 1.82) is 0 Å². The van der Waals surface area contributed by atoms with E-state index in [2.05, 4.69) is 20.5 Å². The smallest absolute Gasteiger partial charge is 0.220 e. The summed E-state index contributed by atoms with van der Waals surface area (Å²) in [5.41, 5.74) is 2.89. The number of carbonyl (C=O) groups excluding carboxylic acids is 1. The van der Waals surface area contributed by atoms with E-state index < -0.39 is 0 Å². The number of amides is 1. The molecule has 4 aromatic rings. The minimum Gasteiger partial charge on any atom is -0.497 e. The zero-order chi connectivity index (χ0) is 23.6. The first kappa shape index (κ1) is 23.5. The van der Waals surface area contributed by atoms with Crippen molar-refractivity contribution in [1.82, 2.24) is 25.1 Å². The van der Waals surface area contributed by atoms with Crippen LogP contribution in [0.25, 0.3) is 17.1 Å². The van der Waals surface area contributed by atoms with Crippen molar-refractivity contribution in [2.45, 2.75) is 24.4 Å². The van der Waals surface area contributed by atoms with E-state index in [4.69, 9.17) is 4.74 Å². The van der Waals surface area contributed by atoms with Crippen LogP contribution in [0, 0.1) is 0 Å². The zero-order valence-electron chi connectivity index (χ0n) is 19.1. The summed E-state index contributed by atoms with van der Waals surface area (Å²) < 4.78 is 7.43. The number of benzene rings is 2. The van der Waals surface area contributed by atoms with Gasteiger partial charge in [-0.3, -0.25) is 14.3 Å². The van der Waals surface area contributed by atoms with Crippen LogP contribution in [0.2, 0.25) is 0 Å². The second kappa shape index (κ2) is 12.0. The zero-order valence-corrected chi connectivity index (χ0v) is 19.9. The number of rotatable bonds is 11. The molecule has 0 saturated carbocycles. The van der Waals surface area contributed by atoms with E-state index in [1.165, 1.54) is 0 Å². The lowest BCUT2D eigenvalue weighted by Gasteiger charge is -2.11. The van der Waals surface area contributed by atoms with Gasteiger partial charge in [-0.15, -0.1) is 10.2 Å². The van der Waals surface area contributed by atoms with E-state index in [9.17, 15) is 4.79 Å². The predicted molar refractivity (Wildman–Crippen MR) is 134 cm³/mol. The first-order valence-corrected chi connectivity index (χ1v) is 12.2. The molecule has 0 radical (unpaired) electrons. The Bertz CT molecular complexity index is 1200. The van der Waals surface area contributed by atoms with Crippen molar-refractivity contribution in [3.05, 3.63) is 84.7 Å². The van der Waals surface area contributed by atoms with Crippen molar-refractivity contribution in [2.24, 2.45) is 0 Å². The van der Waals surface area contributed by atoms with Crippen LogP contribution in [0.15, 0.2) is 84.1 Å². The molecule has 0 bridgehead atoms. The number of hydrogen-bond donors (Lipinski definition) is 1. The maximum atomic E-state index is 12.2. The van der Waals surface area contributed by atoms with Gasteiger partial charge in [0.15, 0.2) is 11.0 Å². The third-order valence-corrected chi connectivity index (χ3v) is 6.20. The molecule has 0 unspecified atom stereocenters. The minimum atomic E-state index is 0.0538. The van der Waals surface area contributed by atoms with Gasteiger partial charge in [0.2, 0.25) is 5.91 Å². The second-order valence-electron chi connectivity index (χ2n) is 7.58. The second-order valence-corrected chi connectivity index (χ2v) is 8.64. The predicted octanol–water partition coefficient (Wildman–Crippen LogP) is 4.57. The number of nitrogens with zero attached hydrogens (tertiary/aromatic N) is 4. The van der Waals surface area contributed by atoms with Gasteiger partial charge < -0.3 is 10.1 Å². The number of methoxy groups -OCH3 is 1. The highest BCUT2D eigenvalue weighted by Crippen LogP contribution is 2.30. The maximum absolute atomic E-state index is 12.2. The topological polar surface area (TPSA) is 81.9 Å². The summed E-state index contributed by atoms with van der Waals surface area (Å²) in [4.78, 5) is 16.5. The Morgan fingerprint density at radius 2 is 1.88 bits per heavy atom. The van der Waals surface area contributed by atoms with E-state index in [-0.39, 0.29) is 5.91 Å². The molecule has 2 aromatic carbocycles. The molecule has 1 amide bonds. The third-order valence-electron chi connectivity index (χ3n) is 5.18. The van der Waals surface area contributed by atoms with Crippen LogP contribution in [0.1, 0.15) is 18.5 Å². The molecule has 0 aliphatic heterocycles. The Morgan fingerprint density at radius 3 is 2.68 bits per heavy atom. The molecule has 0 saturated heterocycles. The molecule has 2 heterocycles. The van der Waals surface area contributed by atoms with Gasteiger partial charge in [0.1, 0.15) is 5.75 Å². The Morgan fingerprint density at radius 1 is 1.03 bits per heavy atom. The Labute approximate surface area is 203 Å². The quantitative estimate of drug-likeness (QED) is 0.254. The summed E-state index contributed by atoms with van der Waals surface area (Å²) in [6.45, 7) is 0.592. The van der Waals surface area contributed by atoms with Crippen LogP contribution in [-0.4, -0.2) is 45.1 Å². The summed E-state index contributed by atoms with van der Waals surface area (Å²) >= 11 is 1.60. The molecule has 0 aliphatic rings. The normalized spacial score (nSPS) is 10.7. The van der Waals surface area contributed by atoms with Crippen LogP contribution >= 0.6 is 11.8 Å². The molecule has 0 aliphatic carbocycles. The van der Waals surface area contributed by atoms with Crippen molar-refractivity contribution in [3.8, 4) is 22.8 Å². The number of nitrogens with one attached hydrogen (secondary N) is 1. The average Bonchev–Trinajstić information content (AvgIpc) is 3.32. The van der Waals surface area contributed by atoms with Crippen molar-refractivity contribution < 1.29 is 9.53 Å². The molecule has 0 atom stereocenters. The molecular formula is C26H27N5O2S.